The van der Waals surface area contributed by atoms with Gasteiger partial charge in [0.05, 0.1) is 6.10 Å². The van der Waals surface area contributed by atoms with Crippen LogP contribution in [-0.4, -0.2) is 25.7 Å². The fraction of sp³-hybridized carbons (Fsp3) is 0.267. The van der Waals surface area contributed by atoms with Crippen LogP contribution in [0.5, 0.6) is 5.75 Å². The second kappa shape index (κ2) is 4.92. The highest BCUT2D eigenvalue weighted by molar-refractivity contribution is 5.64. The predicted molar refractivity (Wildman–Crippen MR) is 76.7 cm³/mol. The van der Waals surface area contributed by atoms with Gasteiger partial charge in [-0.1, -0.05) is 12.1 Å². The molecule has 0 N–H and O–H groups in total. The number of ether oxygens (including phenoxy) is 1. The molecule has 2 heterocycles. The first-order chi connectivity index (χ1) is 9.63. The Morgan fingerprint density at radius 3 is 2.80 bits per heavy atom. The van der Waals surface area contributed by atoms with Crippen molar-refractivity contribution in [2.24, 2.45) is 0 Å². The Labute approximate surface area is 117 Å². The van der Waals surface area contributed by atoms with Gasteiger partial charge in [-0.05, 0) is 38.5 Å². The topological polar surface area (TPSA) is 52.3 Å². The third-order valence-electron chi connectivity index (χ3n) is 2.97. The van der Waals surface area contributed by atoms with Crippen LogP contribution in [0.3, 0.4) is 0 Å². The summed E-state index contributed by atoms with van der Waals surface area (Å²) in [6, 6.07) is 7.99. The smallest absolute Gasteiger partial charge is 0.254 e. The van der Waals surface area contributed by atoms with E-state index in [4.69, 9.17) is 4.74 Å². The summed E-state index contributed by atoms with van der Waals surface area (Å²) in [6.45, 7) is 5.94. The highest BCUT2D eigenvalue weighted by atomic mass is 16.5. The maximum Gasteiger partial charge on any atom is 0.254 e. The van der Waals surface area contributed by atoms with Crippen molar-refractivity contribution in [3.05, 3.63) is 42.5 Å². The molecule has 5 nitrogen and oxygen atoms in total. The molecule has 0 spiro atoms. The third kappa shape index (κ3) is 2.34. The monoisotopic (exact) mass is 268 g/mol. The van der Waals surface area contributed by atoms with E-state index in [-0.39, 0.29) is 6.10 Å². The van der Waals surface area contributed by atoms with Gasteiger partial charge in [0, 0.05) is 18.0 Å². The average Bonchev–Trinajstić information content (AvgIpc) is 2.80. The molecule has 0 bridgehead atoms. The van der Waals surface area contributed by atoms with Crippen LogP contribution in [0, 0.1) is 6.92 Å². The summed E-state index contributed by atoms with van der Waals surface area (Å²) < 4.78 is 7.60. The molecule has 0 saturated carbocycles. The maximum atomic E-state index is 5.72. The Morgan fingerprint density at radius 1 is 1.15 bits per heavy atom. The molecule has 0 aliphatic rings. The molecule has 1 aromatic carbocycles. The summed E-state index contributed by atoms with van der Waals surface area (Å²) in [5.41, 5.74) is 2.07. The second-order valence-electron chi connectivity index (χ2n) is 4.95. The molecular weight excluding hydrogens is 252 g/mol. The minimum absolute atomic E-state index is 0.158. The fourth-order valence-corrected chi connectivity index (χ4v) is 2.07. The van der Waals surface area contributed by atoms with Crippen molar-refractivity contribution in [1.82, 2.24) is 19.6 Å². The number of nitrogens with zero attached hydrogens (tertiary/aromatic N) is 4. The van der Waals surface area contributed by atoms with Crippen molar-refractivity contribution in [3.8, 4) is 16.9 Å². The molecule has 20 heavy (non-hydrogen) atoms. The number of benzene rings is 1. The highest BCUT2D eigenvalue weighted by Gasteiger charge is 2.06. The van der Waals surface area contributed by atoms with Gasteiger partial charge in [0.15, 0.2) is 0 Å². The molecule has 5 heteroatoms. The Bertz CT molecular complexity index is 748. The van der Waals surface area contributed by atoms with E-state index in [1.807, 2.05) is 55.6 Å². The van der Waals surface area contributed by atoms with Crippen molar-refractivity contribution in [2.75, 3.05) is 0 Å². The van der Waals surface area contributed by atoms with Gasteiger partial charge < -0.3 is 4.74 Å². The minimum atomic E-state index is 0.158. The van der Waals surface area contributed by atoms with Gasteiger partial charge in [0.2, 0.25) is 0 Å². The largest absolute Gasteiger partial charge is 0.491 e. The quantitative estimate of drug-likeness (QED) is 0.733. The van der Waals surface area contributed by atoms with Crippen LogP contribution in [0.1, 0.15) is 19.7 Å². The second-order valence-corrected chi connectivity index (χ2v) is 4.95. The zero-order chi connectivity index (χ0) is 14.1. The number of hydrogen-bond donors (Lipinski definition) is 0. The van der Waals surface area contributed by atoms with Crippen molar-refractivity contribution < 1.29 is 4.74 Å². The normalized spacial score (nSPS) is 11.2. The zero-order valence-electron chi connectivity index (χ0n) is 11.7. The SMILES string of the molecule is Cc1nnc2ncc(-c3cccc(OC(C)C)c3)cn12. The first-order valence-corrected chi connectivity index (χ1v) is 6.58. The Balaban J connectivity index is 2.03. The molecule has 0 fully saturated rings. The molecular formula is C15H16N4O. The first kappa shape index (κ1) is 12.6. The molecule has 2 aromatic heterocycles. The van der Waals surface area contributed by atoms with Crippen LogP contribution in [0.2, 0.25) is 0 Å². The molecule has 0 unspecified atom stereocenters. The molecule has 3 aromatic rings. The molecule has 3 rings (SSSR count). The van der Waals surface area contributed by atoms with Gasteiger partial charge >= 0.3 is 0 Å². The predicted octanol–water partition coefficient (Wildman–Crippen LogP) is 2.89. The van der Waals surface area contributed by atoms with Crippen molar-refractivity contribution in [3.63, 3.8) is 0 Å². The Kier molecular flexibility index (Phi) is 3.10. The lowest BCUT2D eigenvalue weighted by molar-refractivity contribution is 0.242. The lowest BCUT2D eigenvalue weighted by atomic mass is 10.1. The number of aromatic nitrogens is 4. The Morgan fingerprint density at radius 2 is 2.00 bits per heavy atom. The minimum Gasteiger partial charge on any atom is -0.491 e. The van der Waals surface area contributed by atoms with Crippen LogP contribution in [-0.2, 0) is 0 Å². The molecule has 0 radical (unpaired) electrons. The van der Waals surface area contributed by atoms with Crippen molar-refractivity contribution >= 4 is 5.78 Å². The summed E-state index contributed by atoms with van der Waals surface area (Å²) in [5, 5.41) is 8.00. The summed E-state index contributed by atoms with van der Waals surface area (Å²) in [6.07, 6.45) is 3.95. The van der Waals surface area contributed by atoms with E-state index in [1.54, 1.807) is 6.20 Å². The zero-order valence-corrected chi connectivity index (χ0v) is 11.7. The van der Waals surface area contributed by atoms with Crippen LogP contribution < -0.4 is 4.74 Å². The van der Waals surface area contributed by atoms with E-state index in [0.29, 0.717) is 5.78 Å². The van der Waals surface area contributed by atoms with E-state index in [2.05, 4.69) is 15.2 Å². The van der Waals surface area contributed by atoms with E-state index in [9.17, 15) is 0 Å². The number of fused-ring (bicyclic) bond motifs is 1. The third-order valence-corrected chi connectivity index (χ3v) is 2.97. The van der Waals surface area contributed by atoms with Crippen LogP contribution in [0.25, 0.3) is 16.9 Å². The van der Waals surface area contributed by atoms with Crippen LogP contribution >= 0.6 is 0 Å². The Hall–Kier alpha value is -2.43. The lowest BCUT2D eigenvalue weighted by Gasteiger charge is -2.11. The maximum absolute atomic E-state index is 5.72. The molecule has 0 aliphatic heterocycles. The summed E-state index contributed by atoms with van der Waals surface area (Å²) in [4.78, 5) is 4.32. The van der Waals surface area contributed by atoms with Gasteiger partial charge in [-0.25, -0.2) is 4.98 Å². The number of rotatable bonds is 3. The van der Waals surface area contributed by atoms with Crippen molar-refractivity contribution in [2.45, 2.75) is 26.9 Å². The summed E-state index contributed by atoms with van der Waals surface area (Å²) in [7, 11) is 0. The van der Waals surface area contributed by atoms with Gasteiger partial charge in [-0.2, -0.15) is 0 Å². The number of hydrogen-bond acceptors (Lipinski definition) is 4. The molecule has 102 valence electrons. The van der Waals surface area contributed by atoms with E-state index in [0.717, 1.165) is 22.7 Å². The standard InChI is InChI=1S/C15H16N4O/c1-10(2)20-14-6-4-5-12(7-14)13-8-16-15-18-17-11(3)19(15)9-13/h4-10H,1-3H3. The fourth-order valence-electron chi connectivity index (χ4n) is 2.07. The van der Waals surface area contributed by atoms with Crippen molar-refractivity contribution in [1.29, 1.82) is 0 Å². The van der Waals surface area contributed by atoms with Gasteiger partial charge in [0.25, 0.3) is 5.78 Å². The van der Waals surface area contributed by atoms with Crippen LogP contribution in [0.15, 0.2) is 36.7 Å². The van der Waals surface area contributed by atoms with Gasteiger partial charge in [0.1, 0.15) is 11.6 Å². The average molecular weight is 268 g/mol. The molecule has 0 saturated heterocycles. The van der Waals surface area contributed by atoms with Gasteiger partial charge in [-0.3, -0.25) is 4.40 Å². The molecule has 0 atom stereocenters. The molecule has 0 amide bonds. The highest BCUT2D eigenvalue weighted by Crippen LogP contribution is 2.24. The van der Waals surface area contributed by atoms with E-state index in [1.165, 1.54) is 0 Å². The van der Waals surface area contributed by atoms with E-state index >= 15 is 0 Å². The van der Waals surface area contributed by atoms with Crippen LogP contribution in [0.4, 0.5) is 0 Å². The van der Waals surface area contributed by atoms with E-state index < -0.39 is 0 Å². The summed E-state index contributed by atoms with van der Waals surface area (Å²) in [5.74, 6) is 2.29. The lowest BCUT2D eigenvalue weighted by Crippen LogP contribution is -2.05. The first-order valence-electron chi connectivity index (χ1n) is 6.58. The number of aryl methyl sites for hydroxylation is 1. The molecule has 0 aliphatic carbocycles. The van der Waals surface area contributed by atoms with Gasteiger partial charge in [-0.15, -0.1) is 10.2 Å². The summed E-state index contributed by atoms with van der Waals surface area (Å²) >= 11 is 0.